The summed E-state index contributed by atoms with van der Waals surface area (Å²) in [5.74, 6) is 1.40. The third-order valence-corrected chi connectivity index (χ3v) is 5.48. The minimum absolute atomic E-state index is 0.0713. The van der Waals surface area contributed by atoms with E-state index in [1.165, 1.54) is 5.56 Å². The van der Waals surface area contributed by atoms with Crippen molar-refractivity contribution in [3.05, 3.63) is 35.9 Å². The Morgan fingerprint density at radius 1 is 1.37 bits per heavy atom. The second kappa shape index (κ2) is 5.55. The van der Waals surface area contributed by atoms with Gasteiger partial charge in [-0.05, 0) is 37.2 Å². The molecule has 2 aliphatic rings. The number of ether oxygens (including phenoxy) is 2. The van der Waals surface area contributed by atoms with Gasteiger partial charge in [0.1, 0.15) is 0 Å². The standard InChI is InChI=1S/C16H21BrO2/c1-16-8-14(11-19-16)13(9-17)7-15(16)18-10-12-5-3-2-4-6-12/h2-6,13-15H,7-11H2,1H3/t13-,14+,15-,16+/m0/s1. The highest BCUT2D eigenvalue weighted by molar-refractivity contribution is 9.09. The first-order chi connectivity index (χ1) is 9.21. The molecule has 0 N–H and O–H groups in total. The number of hydrogen-bond donors (Lipinski definition) is 0. The van der Waals surface area contributed by atoms with Crippen LogP contribution in [0.1, 0.15) is 25.3 Å². The zero-order valence-electron chi connectivity index (χ0n) is 11.3. The van der Waals surface area contributed by atoms with Gasteiger partial charge in [-0.2, -0.15) is 0 Å². The molecule has 2 fully saturated rings. The van der Waals surface area contributed by atoms with Crippen molar-refractivity contribution in [2.24, 2.45) is 11.8 Å². The summed E-state index contributed by atoms with van der Waals surface area (Å²) in [5, 5.41) is 1.06. The van der Waals surface area contributed by atoms with Crippen LogP contribution in [-0.4, -0.2) is 23.6 Å². The van der Waals surface area contributed by atoms with Crippen molar-refractivity contribution in [1.82, 2.24) is 0 Å². The van der Waals surface area contributed by atoms with E-state index in [1.54, 1.807) is 0 Å². The second-order valence-corrected chi connectivity index (χ2v) is 6.67. The Balaban J connectivity index is 1.66. The molecule has 0 spiro atoms. The lowest BCUT2D eigenvalue weighted by Crippen LogP contribution is -2.45. The zero-order chi connectivity index (χ0) is 13.3. The first kappa shape index (κ1) is 13.6. The predicted octanol–water partition coefficient (Wildman–Crippen LogP) is 3.78. The van der Waals surface area contributed by atoms with Crippen molar-refractivity contribution in [2.75, 3.05) is 11.9 Å². The van der Waals surface area contributed by atoms with E-state index in [1.807, 2.05) is 6.07 Å². The van der Waals surface area contributed by atoms with E-state index in [0.717, 1.165) is 24.8 Å². The largest absolute Gasteiger partial charge is 0.372 e. The maximum absolute atomic E-state index is 6.19. The molecular weight excluding hydrogens is 304 g/mol. The molecule has 2 bridgehead atoms. The van der Waals surface area contributed by atoms with Crippen LogP contribution >= 0.6 is 15.9 Å². The first-order valence-corrected chi connectivity index (χ1v) is 8.19. The van der Waals surface area contributed by atoms with Gasteiger partial charge in [-0.15, -0.1) is 0 Å². The van der Waals surface area contributed by atoms with Crippen LogP contribution in [0.4, 0.5) is 0 Å². The highest BCUT2D eigenvalue weighted by Crippen LogP contribution is 2.46. The van der Waals surface area contributed by atoms with E-state index < -0.39 is 0 Å². The number of alkyl halides is 1. The number of hydrogen-bond acceptors (Lipinski definition) is 2. The smallest absolute Gasteiger partial charge is 0.0918 e. The Morgan fingerprint density at radius 2 is 2.16 bits per heavy atom. The van der Waals surface area contributed by atoms with Gasteiger partial charge in [-0.3, -0.25) is 0 Å². The number of halogens is 1. The summed E-state index contributed by atoms with van der Waals surface area (Å²) in [6.07, 6.45) is 2.47. The van der Waals surface area contributed by atoms with E-state index >= 15 is 0 Å². The second-order valence-electron chi connectivity index (χ2n) is 6.02. The molecule has 0 unspecified atom stereocenters. The molecule has 19 heavy (non-hydrogen) atoms. The molecule has 3 heteroatoms. The molecule has 1 aromatic rings. The third-order valence-electron chi connectivity index (χ3n) is 4.65. The lowest BCUT2D eigenvalue weighted by atomic mass is 9.74. The van der Waals surface area contributed by atoms with Crippen molar-refractivity contribution in [1.29, 1.82) is 0 Å². The molecule has 1 saturated carbocycles. The van der Waals surface area contributed by atoms with Gasteiger partial charge in [0.2, 0.25) is 0 Å². The summed E-state index contributed by atoms with van der Waals surface area (Å²) < 4.78 is 12.2. The van der Waals surface area contributed by atoms with Gasteiger partial charge in [0.05, 0.1) is 24.9 Å². The average Bonchev–Trinajstić information content (AvgIpc) is 2.78. The minimum Gasteiger partial charge on any atom is -0.372 e. The molecule has 0 amide bonds. The zero-order valence-corrected chi connectivity index (χ0v) is 12.9. The quantitative estimate of drug-likeness (QED) is 0.785. The predicted molar refractivity (Wildman–Crippen MR) is 79.4 cm³/mol. The molecule has 4 atom stereocenters. The summed E-state index contributed by atoms with van der Waals surface area (Å²) >= 11 is 3.64. The van der Waals surface area contributed by atoms with Crippen molar-refractivity contribution in [2.45, 2.75) is 38.1 Å². The Hall–Kier alpha value is -0.380. The van der Waals surface area contributed by atoms with Gasteiger partial charge in [0.15, 0.2) is 0 Å². The molecule has 1 aliphatic carbocycles. The monoisotopic (exact) mass is 324 g/mol. The summed E-state index contributed by atoms with van der Waals surface area (Å²) in [4.78, 5) is 0. The maximum Gasteiger partial charge on any atom is 0.0918 e. The van der Waals surface area contributed by atoms with Crippen molar-refractivity contribution < 1.29 is 9.47 Å². The van der Waals surface area contributed by atoms with E-state index in [2.05, 4.69) is 47.1 Å². The van der Waals surface area contributed by atoms with Crippen LogP contribution in [0, 0.1) is 11.8 Å². The fourth-order valence-electron chi connectivity index (χ4n) is 3.38. The maximum atomic E-state index is 6.19. The lowest BCUT2D eigenvalue weighted by Gasteiger charge is -2.39. The van der Waals surface area contributed by atoms with Crippen molar-refractivity contribution in [3.8, 4) is 0 Å². The van der Waals surface area contributed by atoms with Crippen molar-refractivity contribution >= 4 is 15.9 Å². The van der Waals surface area contributed by atoms with Gasteiger partial charge in [0.25, 0.3) is 0 Å². The van der Waals surface area contributed by atoms with E-state index in [-0.39, 0.29) is 11.7 Å². The lowest BCUT2D eigenvalue weighted by molar-refractivity contribution is -0.123. The summed E-state index contributed by atoms with van der Waals surface area (Å²) in [6, 6.07) is 10.4. The minimum atomic E-state index is -0.0713. The Kier molecular flexibility index (Phi) is 3.97. The van der Waals surface area contributed by atoms with E-state index in [9.17, 15) is 0 Å². The third kappa shape index (κ3) is 2.74. The fourth-order valence-corrected chi connectivity index (χ4v) is 4.18. The first-order valence-electron chi connectivity index (χ1n) is 7.07. The van der Waals surface area contributed by atoms with Crippen LogP contribution in [-0.2, 0) is 16.1 Å². The molecular formula is C16H21BrO2. The molecule has 0 radical (unpaired) electrons. The van der Waals surface area contributed by atoms with Crippen LogP contribution in [0.25, 0.3) is 0 Å². The van der Waals surface area contributed by atoms with E-state index in [0.29, 0.717) is 18.4 Å². The molecule has 3 rings (SSSR count). The molecule has 0 aromatic heterocycles. The Labute approximate surface area is 123 Å². The number of benzene rings is 1. The highest BCUT2D eigenvalue weighted by atomic mass is 79.9. The number of rotatable bonds is 4. The topological polar surface area (TPSA) is 18.5 Å². The summed E-state index contributed by atoms with van der Waals surface area (Å²) in [7, 11) is 0. The molecule has 2 nitrogen and oxygen atoms in total. The van der Waals surface area contributed by atoms with Crippen LogP contribution < -0.4 is 0 Å². The summed E-state index contributed by atoms with van der Waals surface area (Å²) in [6.45, 7) is 3.80. The van der Waals surface area contributed by atoms with Crippen LogP contribution in [0.15, 0.2) is 30.3 Å². The molecule has 1 saturated heterocycles. The Bertz CT molecular complexity index is 422. The SMILES string of the molecule is C[C@]12C[C@H](CO1)[C@H](CBr)C[C@@H]2OCc1ccccc1. The molecule has 1 heterocycles. The fraction of sp³-hybridized carbons (Fsp3) is 0.625. The molecule has 104 valence electrons. The van der Waals surface area contributed by atoms with Gasteiger partial charge in [-0.25, -0.2) is 0 Å². The molecule has 1 aromatic carbocycles. The highest BCUT2D eigenvalue weighted by Gasteiger charge is 2.50. The summed E-state index contributed by atoms with van der Waals surface area (Å²) in [5.41, 5.74) is 1.17. The average molecular weight is 325 g/mol. The molecule has 1 aliphatic heterocycles. The van der Waals surface area contributed by atoms with Crippen LogP contribution in [0.5, 0.6) is 0 Å². The van der Waals surface area contributed by atoms with Gasteiger partial charge in [-0.1, -0.05) is 46.3 Å². The van der Waals surface area contributed by atoms with Gasteiger partial charge < -0.3 is 9.47 Å². The normalized spacial score (nSPS) is 37.5. The van der Waals surface area contributed by atoms with Crippen LogP contribution in [0.2, 0.25) is 0 Å². The van der Waals surface area contributed by atoms with Gasteiger partial charge >= 0.3 is 0 Å². The Morgan fingerprint density at radius 3 is 2.89 bits per heavy atom. The van der Waals surface area contributed by atoms with Crippen molar-refractivity contribution in [3.63, 3.8) is 0 Å². The number of fused-ring (bicyclic) bond motifs is 2. The van der Waals surface area contributed by atoms with Crippen LogP contribution in [0.3, 0.4) is 0 Å². The van der Waals surface area contributed by atoms with Gasteiger partial charge in [0, 0.05) is 5.33 Å². The van der Waals surface area contributed by atoms with E-state index in [4.69, 9.17) is 9.47 Å².